The number of benzene rings is 1. The molecule has 0 aliphatic rings. The van der Waals surface area contributed by atoms with Crippen LogP contribution in [0.5, 0.6) is 5.75 Å². The molecule has 0 aliphatic heterocycles. The average Bonchev–Trinajstić information content (AvgIpc) is 2.29. The second-order valence-electron chi connectivity index (χ2n) is 3.60. The second-order valence-corrected chi connectivity index (χ2v) is 4.58. The molecule has 2 nitrogen and oxygen atoms in total. The third kappa shape index (κ3) is 5.37. The van der Waals surface area contributed by atoms with Crippen LogP contribution in [0.2, 0.25) is 0 Å². The molecule has 1 aromatic carbocycles. The van der Waals surface area contributed by atoms with E-state index in [0.717, 1.165) is 24.6 Å². The summed E-state index contributed by atoms with van der Waals surface area (Å²) in [5.41, 5.74) is 0. The van der Waals surface area contributed by atoms with Crippen molar-refractivity contribution in [1.29, 1.82) is 0 Å². The van der Waals surface area contributed by atoms with Gasteiger partial charge in [-0.1, -0.05) is 0 Å². The zero-order valence-electron chi connectivity index (χ0n) is 9.78. The fourth-order valence-corrected chi connectivity index (χ4v) is 1.70. The van der Waals surface area contributed by atoms with Gasteiger partial charge in [-0.2, -0.15) is 11.8 Å². The first-order chi connectivity index (χ1) is 7.72. The van der Waals surface area contributed by atoms with Crippen LogP contribution in [0.3, 0.4) is 0 Å². The Morgan fingerprint density at radius 1 is 1.25 bits per heavy atom. The summed E-state index contributed by atoms with van der Waals surface area (Å²) in [5.74, 6) is 1.62. The molecule has 0 atom stereocenters. The molecule has 0 radical (unpaired) electrons. The van der Waals surface area contributed by atoms with Gasteiger partial charge in [-0.05, 0) is 37.6 Å². The quantitative estimate of drug-likeness (QED) is 0.730. The van der Waals surface area contributed by atoms with Gasteiger partial charge in [0.15, 0.2) is 0 Å². The van der Waals surface area contributed by atoms with Crippen molar-refractivity contribution in [3.05, 3.63) is 30.1 Å². The van der Waals surface area contributed by atoms with Crippen LogP contribution < -0.4 is 4.74 Å². The SMILES string of the molecule is CSCCN(C)CCOc1ccc(F)cc1. The van der Waals surface area contributed by atoms with E-state index in [1.807, 2.05) is 11.8 Å². The van der Waals surface area contributed by atoms with Gasteiger partial charge in [0, 0.05) is 18.8 Å². The van der Waals surface area contributed by atoms with Gasteiger partial charge in [-0.25, -0.2) is 4.39 Å². The Labute approximate surface area is 101 Å². The molecule has 0 fully saturated rings. The molecule has 4 heteroatoms. The molecule has 0 saturated heterocycles. The van der Waals surface area contributed by atoms with E-state index in [0.29, 0.717) is 6.61 Å². The van der Waals surface area contributed by atoms with Crippen LogP contribution in [0.25, 0.3) is 0 Å². The number of hydrogen-bond donors (Lipinski definition) is 0. The fourth-order valence-electron chi connectivity index (χ4n) is 1.21. The van der Waals surface area contributed by atoms with Gasteiger partial charge in [0.05, 0.1) is 0 Å². The van der Waals surface area contributed by atoms with Gasteiger partial charge < -0.3 is 9.64 Å². The minimum Gasteiger partial charge on any atom is -0.492 e. The summed E-state index contributed by atoms with van der Waals surface area (Å²) < 4.78 is 18.1. The summed E-state index contributed by atoms with van der Waals surface area (Å²) in [6, 6.07) is 6.12. The van der Waals surface area contributed by atoms with E-state index in [1.165, 1.54) is 12.1 Å². The molecule has 0 aliphatic carbocycles. The third-order valence-electron chi connectivity index (χ3n) is 2.23. The summed E-state index contributed by atoms with van der Waals surface area (Å²) in [7, 11) is 2.07. The summed E-state index contributed by atoms with van der Waals surface area (Å²) in [5, 5.41) is 0. The predicted molar refractivity (Wildman–Crippen MR) is 67.8 cm³/mol. The maximum absolute atomic E-state index is 12.6. The molecule has 0 unspecified atom stereocenters. The van der Waals surface area contributed by atoms with Crippen molar-refractivity contribution in [3.63, 3.8) is 0 Å². The van der Waals surface area contributed by atoms with E-state index >= 15 is 0 Å². The number of rotatable bonds is 7. The smallest absolute Gasteiger partial charge is 0.123 e. The zero-order chi connectivity index (χ0) is 11.8. The summed E-state index contributed by atoms with van der Waals surface area (Å²) in [4.78, 5) is 2.22. The van der Waals surface area contributed by atoms with Crippen LogP contribution in [-0.4, -0.2) is 43.7 Å². The predicted octanol–water partition coefficient (Wildman–Crippen LogP) is 2.50. The standard InChI is InChI=1S/C12H18FNOS/c1-14(8-10-16-2)7-9-15-12-5-3-11(13)4-6-12/h3-6H,7-10H2,1-2H3. The number of thioether (sulfide) groups is 1. The summed E-state index contributed by atoms with van der Waals surface area (Å²) >= 11 is 1.84. The molecule has 0 amide bonds. The largest absolute Gasteiger partial charge is 0.492 e. The molecular formula is C12H18FNOS. The maximum atomic E-state index is 12.6. The van der Waals surface area contributed by atoms with Crippen molar-refractivity contribution in [2.24, 2.45) is 0 Å². The number of halogens is 1. The highest BCUT2D eigenvalue weighted by Crippen LogP contribution is 2.10. The van der Waals surface area contributed by atoms with Crippen LogP contribution in [-0.2, 0) is 0 Å². The molecule has 0 saturated carbocycles. The van der Waals surface area contributed by atoms with Crippen LogP contribution >= 0.6 is 11.8 Å². The second kappa shape index (κ2) is 7.52. The van der Waals surface area contributed by atoms with Gasteiger partial charge in [0.1, 0.15) is 18.2 Å². The van der Waals surface area contributed by atoms with Crippen molar-refractivity contribution in [1.82, 2.24) is 4.90 Å². The van der Waals surface area contributed by atoms with Crippen LogP contribution in [0.15, 0.2) is 24.3 Å². The lowest BCUT2D eigenvalue weighted by Crippen LogP contribution is -2.26. The first kappa shape index (κ1) is 13.3. The van der Waals surface area contributed by atoms with Gasteiger partial charge >= 0.3 is 0 Å². The minimum absolute atomic E-state index is 0.232. The lowest BCUT2D eigenvalue weighted by Gasteiger charge is -2.16. The molecule has 0 spiro atoms. The topological polar surface area (TPSA) is 12.5 Å². The molecule has 1 rings (SSSR count). The highest BCUT2D eigenvalue weighted by Gasteiger charge is 1.98. The van der Waals surface area contributed by atoms with Crippen molar-refractivity contribution in [3.8, 4) is 5.75 Å². The van der Waals surface area contributed by atoms with E-state index in [9.17, 15) is 4.39 Å². The Kier molecular flexibility index (Phi) is 6.26. The monoisotopic (exact) mass is 243 g/mol. The Morgan fingerprint density at radius 2 is 1.94 bits per heavy atom. The normalized spacial score (nSPS) is 10.8. The van der Waals surface area contributed by atoms with E-state index in [2.05, 4.69) is 18.2 Å². The average molecular weight is 243 g/mol. The Hall–Kier alpha value is -0.740. The highest BCUT2D eigenvalue weighted by molar-refractivity contribution is 7.98. The number of hydrogen-bond acceptors (Lipinski definition) is 3. The molecule has 0 aromatic heterocycles. The first-order valence-corrected chi connectivity index (χ1v) is 6.67. The molecular weight excluding hydrogens is 225 g/mol. The lowest BCUT2D eigenvalue weighted by atomic mass is 10.3. The van der Waals surface area contributed by atoms with Crippen LogP contribution in [0, 0.1) is 5.82 Å². The lowest BCUT2D eigenvalue weighted by molar-refractivity contribution is 0.244. The fraction of sp³-hybridized carbons (Fsp3) is 0.500. The minimum atomic E-state index is -0.232. The summed E-state index contributed by atoms with van der Waals surface area (Å²) in [6.07, 6.45) is 2.10. The van der Waals surface area contributed by atoms with Crippen LogP contribution in [0.1, 0.15) is 0 Å². The van der Waals surface area contributed by atoms with E-state index in [4.69, 9.17) is 4.74 Å². The molecule has 0 bridgehead atoms. The zero-order valence-corrected chi connectivity index (χ0v) is 10.6. The third-order valence-corrected chi connectivity index (χ3v) is 2.82. The highest BCUT2D eigenvalue weighted by atomic mass is 32.2. The van der Waals surface area contributed by atoms with E-state index < -0.39 is 0 Å². The number of likely N-dealkylation sites (N-methyl/N-ethyl adjacent to an activating group) is 1. The molecule has 16 heavy (non-hydrogen) atoms. The van der Waals surface area contributed by atoms with Crippen molar-refractivity contribution in [2.45, 2.75) is 0 Å². The van der Waals surface area contributed by atoms with Crippen LogP contribution in [0.4, 0.5) is 4.39 Å². The molecule has 0 N–H and O–H groups in total. The summed E-state index contributed by atoms with van der Waals surface area (Å²) in [6.45, 7) is 2.59. The Balaban J connectivity index is 2.17. The molecule has 90 valence electrons. The van der Waals surface area contributed by atoms with Crippen molar-refractivity contribution >= 4 is 11.8 Å². The van der Waals surface area contributed by atoms with Gasteiger partial charge in [0.25, 0.3) is 0 Å². The first-order valence-electron chi connectivity index (χ1n) is 5.28. The number of ether oxygens (including phenoxy) is 1. The van der Waals surface area contributed by atoms with Crippen molar-refractivity contribution in [2.75, 3.05) is 38.8 Å². The molecule has 1 aromatic rings. The Bertz CT molecular complexity index is 292. The van der Waals surface area contributed by atoms with E-state index in [-0.39, 0.29) is 5.82 Å². The van der Waals surface area contributed by atoms with Gasteiger partial charge in [0.2, 0.25) is 0 Å². The van der Waals surface area contributed by atoms with Gasteiger partial charge in [-0.3, -0.25) is 0 Å². The van der Waals surface area contributed by atoms with Gasteiger partial charge in [-0.15, -0.1) is 0 Å². The van der Waals surface area contributed by atoms with Crippen molar-refractivity contribution < 1.29 is 9.13 Å². The maximum Gasteiger partial charge on any atom is 0.123 e. The Morgan fingerprint density at radius 3 is 2.56 bits per heavy atom. The van der Waals surface area contributed by atoms with E-state index in [1.54, 1.807) is 12.1 Å². The number of nitrogens with zero attached hydrogens (tertiary/aromatic N) is 1. The molecule has 0 heterocycles.